The molecule has 1 aromatic heterocycles. The summed E-state index contributed by atoms with van der Waals surface area (Å²) < 4.78 is 1.74. The number of allylic oxidation sites excluding steroid dienone is 3. The Bertz CT molecular complexity index is 2810. The maximum atomic E-state index is 15.8. The Morgan fingerprint density at radius 1 is 0.939 bits per heavy atom. The highest BCUT2D eigenvalue weighted by Crippen LogP contribution is 2.80. The Labute approximate surface area is 495 Å². The van der Waals surface area contributed by atoms with Gasteiger partial charge < -0.3 is 56.7 Å². The van der Waals surface area contributed by atoms with E-state index in [1.54, 1.807) is 29.7 Å². The first-order chi connectivity index (χ1) is 39.2. The van der Waals surface area contributed by atoms with Crippen molar-refractivity contribution in [2.75, 3.05) is 32.5 Å². The second-order valence-corrected chi connectivity index (χ2v) is 33.6. The number of aromatic nitrogens is 2. The molecule has 0 aromatic carbocycles. The molecule has 14 rings (SSSR count). The molecular formula is C66H98N6O8S2. The highest BCUT2D eigenvalue weighted by molar-refractivity contribution is 8.77. The normalized spacial score (nSPS) is 50.5. The summed E-state index contributed by atoms with van der Waals surface area (Å²) in [5.41, 5.74) is 9.33. The molecule has 11 N–H and O–H groups in total. The lowest BCUT2D eigenvalue weighted by atomic mass is 9.40. The smallest absolute Gasteiger partial charge is 0.190 e. The minimum atomic E-state index is -1.77. The fraction of sp³-hybridized carbons (Fsp3) is 0.833. The van der Waals surface area contributed by atoms with Crippen molar-refractivity contribution < 1.29 is 40.5 Å². The first-order valence-corrected chi connectivity index (χ1v) is 35.0. The standard InChI is InChI=1S/C66H98N6O8S2/c1-35(74)71-59(67)70-30-38-26-64(33-73)46-24-50(66(64,80)47-23-48(76)55-45(31-68-5)57(78)49(77)29-61(55,4)53(38)47)65(17-8-15-62(65)18-14-41(75)28-62)82-81-32-40(72-20-19-69-34-72)27-60(2,3)56-44-21-36-12-13-39-10-7-16-63(39,25-36)54(44)42-11-6-9-37-22-43(46)58(79)52(56)51(37)42/h19-20,23,34-41,43,45-46,49-50,52-55,57-58,68,73-75,77-80H,6-18,21-22,24-33H2,1-5H3,(H3,67,70,71). The quantitative estimate of drug-likeness (QED) is 0.0409. The summed E-state index contributed by atoms with van der Waals surface area (Å²) in [5, 5.41) is 96.0. The summed E-state index contributed by atoms with van der Waals surface area (Å²) in [7, 11) is 5.69. The predicted molar refractivity (Wildman–Crippen MR) is 321 cm³/mol. The molecule has 14 nitrogen and oxygen atoms in total. The van der Waals surface area contributed by atoms with Crippen molar-refractivity contribution >= 4 is 33.3 Å². The molecule has 1 saturated heterocycles. The average molecular weight is 1170 g/mol. The molecule has 3 spiro atoms. The van der Waals surface area contributed by atoms with Crippen LogP contribution in [0.4, 0.5) is 0 Å². The summed E-state index contributed by atoms with van der Waals surface area (Å²) in [6, 6.07) is 0.0730. The van der Waals surface area contributed by atoms with Gasteiger partial charge in [-0.25, -0.2) is 4.98 Å². The molecule has 24 atom stereocenters. The zero-order chi connectivity index (χ0) is 57.3. The van der Waals surface area contributed by atoms with Crippen LogP contribution in [-0.2, 0) is 4.79 Å². The maximum Gasteiger partial charge on any atom is 0.190 e. The van der Waals surface area contributed by atoms with E-state index in [9.17, 15) is 30.6 Å². The number of nitrogens with two attached hydrogens (primary N) is 1. The van der Waals surface area contributed by atoms with Gasteiger partial charge in [-0.1, -0.05) is 77.5 Å². The molecule has 13 aliphatic rings. The summed E-state index contributed by atoms with van der Waals surface area (Å²) in [6.07, 6.45) is 23.1. The summed E-state index contributed by atoms with van der Waals surface area (Å²) in [6.45, 7) is 8.86. The van der Waals surface area contributed by atoms with Crippen LogP contribution in [0.15, 0.2) is 57.7 Å². The van der Waals surface area contributed by atoms with Crippen LogP contribution < -0.4 is 16.4 Å². The molecule has 10 fully saturated rings. The van der Waals surface area contributed by atoms with Crippen molar-refractivity contribution in [1.82, 2.24) is 20.2 Å². The fourth-order valence-corrected chi connectivity index (χ4v) is 29.1. The van der Waals surface area contributed by atoms with Crippen molar-refractivity contribution in [2.45, 2.75) is 210 Å². The Morgan fingerprint density at radius 2 is 1.77 bits per heavy atom. The number of hydrogen-bond acceptors (Lipinski definition) is 13. The maximum absolute atomic E-state index is 15.8. The summed E-state index contributed by atoms with van der Waals surface area (Å²) in [5.74, 6) is -0.769. The van der Waals surface area contributed by atoms with Gasteiger partial charge in [0.05, 0.1) is 43.0 Å². The number of aliphatic hydroxyl groups excluding tert-OH is 6. The Kier molecular flexibility index (Phi) is 14.3. The number of fused-ring (bicyclic) bond motifs is 16. The summed E-state index contributed by atoms with van der Waals surface area (Å²) >= 11 is 0. The lowest BCUT2D eigenvalue weighted by Crippen LogP contribution is -2.70. The number of carbonyl (C=O) groups is 1. The van der Waals surface area contributed by atoms with Crippen molar-refractivity contribution in [3.05, 3.63) is 52.7 Å². The Balaban J connectivity index is 1.02. The van der Waals surface area contributed by atoms with Gasteiger partial charge in [0.2, 0.25) is 0 Å². The number of aliphatic imine (C=N–C) groups is 1. The van der Waals surface area contributed by atoms with Gasteiger partial charge in [-0.15, -0.1) is 0 Å². The van der Waals surface area contributed by atoms with E-state index >= 15 is 9.90 Å². The molecule has 6 bridgehead atoms. The van der Waals surface area contributed by atoms with E-state index in [2.05, 4.69) is 42.2 Å². The second kappa shape index (κ2) is 20.4. The molecule has 82 heavy (non-hydrogen) atoms. The van der Waals surface area contributed by atoms with Crippen molar-refractivity contribution in [1.29, 1.82) is 0 Å². The molecule has 24 unspecified atom stereocenters. The number of nitrogens with one attached hydrogen (secondary N) is 2. The van der Waals surface area contributed by atoms with Crippen LogP contribution in [0.2, 0.25) is 0 Å². The Morgan fingerprint density at radius 3 is 2.51 bits per heavy atom. The van der Waals surface area contributed by atoms with Crippen LogP contribution in [0.5, 0.6) is 0 Å². The predicted octanol–water partition coefficient (Wildman–Crippen LogP) is 8.02. The number of carbonyl (C=O) groups excluding carboxylic acids is 1. The third-order valence-corrected chi connectivity index (χ3v) is 30.5. The lowest BCUT2D eigenvalue weighted by molar-refractivity contribution is -0.198. The van der Waals surface area contributed by atoms with Gasteiger partial charge in [-0.05, 0) is 211 Å². The first-order valence-electron chi connectivity index (χ1n) is 32.7. The van der Waals surface area contributed by atoms with Gasteiger partial charge in [0.15, 0.2) is 11.7 Å². The largest absolute Gasteiger partial charge is 0.396 e. The van der Waals surface area contributed by atoms with E-state index in [0.717, 1.165) is 75.9 Å². The molecule has 1 aromatic rings. The van der Waals surface area contributed by atoms with Crippen LogP contribution in [0.1, 0.15) is 169 Å². The van der Waals surface area contributed by atoms with Gasteiger partial charge in [0.1, 0.15) is 6.23 Å². The summed E-state index contributed by atoms with van der Waals surface area (Å²) in [4.78, 5) is 25.5. The van der Waals surface area contributed by atoms with E-state index in [0.29, 0.717) is 49.6 Å². The molecular weight excluding hydrogens is 1070 g/mol. The molecule has 12 aliphatic carbocycles. The van der Waals surface area contributed by atoms with E-state index in [4.69, 9.17) is 15.7 Å². The topological polar surface area (TPSA) is 239 Å². The molecule has 0 radical (unpaired) electrons. The number of imidazole rings is 1. The lowest BCUT2D eigenvalue weighted by Gasteiger charge is -2.66. The SMILES string of the molecule is CNCC1C(O)C(O)CC2(C)C3C(=CC(=O)C12)C1(O)C2CC(C4CC5CCCC6=C5C(C(=C5CC7CCC8CCCC8(C7)C65)C(C)(C)CC(n5ccnc5)CSSC25CCCC52CCC(O)C2)C4O)C1(CO)CC3CN=C(N)NC(C)O. The molecule has 0 amide bonds. The molecule has 9 saturated carbocycles. The van der Waals surface area contributed by atoms with Crippen LogP contribution in [-0.4, -0.2) is 131 Å². The van der Waals surface area contributed by atoms with Crippen LogP contribution in [0.25, 0.3) is 0 Å². The average Bonchev–Trinajstić information content (AvgIpc) is 1.40. The number of aliphatic hydroxyl groups is 7. The zero-order valence-electron chi connectivity index (χ0n) is 49.7. The third kappa shape index (κ3) is 7.97. The molecule has 16 heteroatoms. The van der Waals surface area contributed by atoms with Gasteiger partial charge in [0, 0.05) is 77.0 Å². The fourth-order valence-electron chi connectivity index (χ4n) is 24.8. The first kappa shape index (κ1) is 57.5. The van der Waals surface area contributed by atoms with Gasteiger partial charge in [-0.2, -0.15) is 0 Å². The molecule has 1 aliphatic heterocycles. The van der Waals surface area contributed by atoms with E-state index in [1.807, 2.05) is 41.2 Å². The minimum Gasteiger partial charge on any atom is -0.396 e. The monoisotopic (exact) mass is 1170 g/mol. The van der Waals surface area contributed by atoms with Crippen LogP contribution >= 0.6 is 21.6 Å². The number of nitrogens with zero attached hydrogens (tertiary/aromatic N) is 3. The van der Waals surface area contributed by atoms with Gasteiger partial charge >= 0.3 is 0 Å². The highest BCUT2D eigenvalue weighted by Gasteiger charge is 2.80. The van der Waals surface area contributed by atoms with Crippen molar-refractivity contribution in [3.63, 3.8) is 0 Å². The van der Waals surface area contributed by atoms with Crippen molar-refractivity contribution in [3.8, 4) is 0 Å². The van der Waals surface area contributed by atoms with Crippen LogP contribution in [0.3, 0.4) is 0 Å². The number of hydrogen-bond donors (Lipinski definition) is 10. The van der Waals surface area contributed by atoms with E-state index in [1.165, 1.54) is 44.1 Å². The zero-order valence-corrected chi connectivity index (χ0v) is 51.3. The Hall–Kier alpha value is -2.25. The number of rotatable bonds is 7. The third-order valence-electron chi connectivity index (χ3n) is 27.0. The van der Waals surface area contributed by atoms with E-state index in [-0.39, 0.29) is 77.3 Å². The number of guanidine groups is 1. The van der Waals surface area contributed by atoms with Gasteiger partial charge in [0.25, 0.3) is 0 Å². The molecule has 452 valence electrons. The van der Waals surface area contributed by atoms with Crippen molar-refractivity contribution in [2.24, 2.45) is 109 Å². The minimum absolute atomic E-state index is 0.0730. The van der Waals surface area contributed by atoms with Crippen LogP contribution in [0, 0.1) is 98.1 Å². The van der Waals surface area contributed by atoms with Gasteiger partial charge in [-0.3, -0.25) is 9.79 Å². The van der Waals surface area contributed by atoms with E-state index < -0.39 is 81.4 Å². The highest BCUT2D eigenvalue weighted by atomic mass is 33.1. The molecule has 2 heterocycles. The second-order valence-electron chi connectivity index (χ2n) is 31.0. The number of ketones is 1.